The molecule has 0 fully saturated rings. The third kappa shape index (κ3) is 4.34. The molecule has 2 N–H and O–H groups in total. The number of anilines is 2. The van der Waals surface area contributed by atoms with Crippen LogP contribution in [0.3, 0.4) is 0 Å². The summed E-state index contributed by atoms with van der Waals surface area (Å²) in [6.45, 7) is 4.10. The lowest BCUT2D eigenvalue weighted by Gasteiger charge is -2.11. The van der Waals surface area contributed by atoms with Gasteiger partial charge in [-0.2, -0.15) is 0 Å². The van der Waals surface area contributed by atoms with E-state index in [0.717, 1.165) is 11.3 Å². The molecule has 26 heavy (non-hydrogen) atoms. The first-order chi connectivity index (χ1) is 12.5. The SMILES string of the molecule is Cc1nc(NCc2ccccn2)cc(C(=O)Nc2cccc(Cl)c2C)n1. The number of aryl methyl sites for hydroxylation is 1. The largest absolute Gasteiger partial charge is 0.364 e. The average molecular weight is 368 g/mol. The molecule has 0 aliphatic carbocycles. The quantitative estimate of drug-likeness (QED) is 0.712. The average Bonchev–Trinajstić information content (AvgIpc) is 2.64. The predicted molar refractivity (Wildman–Crippen MR) is 102 cm³/mol. The van der Waals surface area contributed by atoms with E-state index in [4.69, 9.17) is 11.6 Å². The lowest BCUT2D eigenvalue weighted by Crippen LogP contribution is -2.16. The fourth-order valence-corrected chi connectivity index (χ4v) is 2.56. The van der Waals surface area contributed by atoms with Gasteiger partial charge in [-0.1, -0.05) is 23.7 Å². The molecule has 2 heterocycles. The Kier molecular flexibility index (Phi) is 5.43. The summed E-state index contributed by atoms with van der Waals surface area (Å²) in [6.07, 6.45) is 1.73. The topological polar surface area (TPSA) is 79.8 Å². The highest BCUT2D eigenvalue weighted by atomic mass is 35.5. The van der Waals surface area contributed by atoms with Crippen molar-refractivity contribution >= 4 is 29.0 Å². The van der Waals surface area contributed by atoms with E-state index < -0.39 is 0 Å². The summed E-state index contributed by atoms with van der Waals surface area (Å²) >= 11 is 6.10. The number of pyridine rings is 1. The second-order valence-corrected chi connectivity index (χ2v) is 6.13. The summed E-state index contributed by atoms with van der Waals surface area (Å²) in [6, 6.07) is 12.7. The summed E-state index contributed by atoms with van der Waals surface area (Å²) in [4.78, 5) is 25.4. The van der Waals surface area contributed by atoms with Gasteiger partial charge in [0.25, 0.3) is 5.91 Å². The molecule has 0 spiro atoms. The molecule has 0 aliphatic rings. The molecular formula is C19H18ClN5O. The van der Waals surface area contributed by atoms with Crippen molar-refractivity contribution in [2.75, 3.05) is 10.6 Å². The van der Waals surface area contributed by atoms with Crippen LogP contribution in [-0.2, 0) is 6.54 Å². The van der Waals surface area contributed by atoms with Crippen molar-refractivity contribution < 1.29 is 4.79 Å². The molecule has 6 nitrogen and oxygen atoms in total. The zero-order valence-electron chi connectivity index (χ0n) is 14.5. The Bertz CT molecular complexity index is 930. The molecule has 2 aromatic heterocycles. The van der Waals surface area contributed by atoms with Crippen LogP contribution in [0.15, 0.2) is 48.7 Å². The van der Waals surface area contributed by atoms with Gasteiger partial charge >= 0.3 is 0 Å². The molecule has 0 aliphatic heterocycles. The van der Waals surface area contributed by atoms with Crippen LogP contribution in [0, 0.1) is 13.8 Å². The molecule has 0 bridgehead atoms. The van der Waals surface area contributed by atoms with E-state index in [0.29, 0.717) is 28.9 Å². The minimum absolute atomic E-state index is 0.278. The minimum atomic E-state index is -0.318. The number of carbonyl (C=O) groups excluding carboxylic acids is 1. The third-order valence-electron chi connectivity index (χ3n) is 3.76. The lowest BCUT2D eigenvalue weighted by molar-refractivity contribution is 0.102. The maximum absolute atomic E-state index is 12.6. The van der Waals surface area contributed by atoms with E-state index >= 15 is 0 Å². The van der Waals surface area contributed by atoms with Gasteiger partial charge < -0.3 is 10.6 Å². The molecule has 0 atom stereocenters. The van der Waals surface area contributed by atoms with Gasteiger partial charge in [0.1, 0.15) is 17.3 Å². The summed E-state index contributed by atoms with van der Waals surface area (Å²) in [5.41, 5.74) is 2.62. The predicted octanol–water partition coefficient (Wildman–Crippen LogP) is 4.01. The molecule has 132 valence electrons. The molecule has 0 unspecified atom stereocenters. The smallest absolute Gasteiger partial charge is 0.274 e. The van der Waals surface area contributed by atoms with Crippen LogP contribution < -0.4 is 10.6 Å². The number of benzene rings is 1. The Balaban J connectivity index is 1.76. The van der Waals surface area contributed by atoms with Gasteiger partial charge in [-0.3, -0.25) is 9.78 Å². The van der Waals surface area contributed by atoms with Gasteiger partial charge in [0.15, 0.2) is 0 Å². The fraction of sp³-hybridized carbons (Fsp3) is 0.158. The highest BCUT2D eigenvalue weighted by Gasteiger charge is 2.13. The highest BCUT2D eigenvalue weighted by Crippen LogP contribution is 2.23. The van der Waals surface area contributed by atoms with Crippen molar-refractivity contribution in [2.24, 2.45) is 0 Å². The van der Waals surface area contributed by atoms with Crippen molar-refractivity contribution in [1.82, 2.24) is 15.0 Å². The summed E-state index contributed by atoms with van der Waals surface area (Å²) in [5, 5.41) is 6.61. The zero-order valence-corrected chi connectivity index (χ0v) is 15.2. The first-order valence-electron chi connectivity index (χ1n) is 8.09. The van der Waals surface area contributed by atoms with Crippen molar-refractivity contribution in [1.29, 1.82) is 0 Å². The summed E-state index contributed by atoms with van der Waals surface area (Å²) < 4.78 is 0. The maximum Gasteiger partial charge on any atom is 0.274 e. The first-order valence-corrected chi connectivity index (χ1v) is 8.46. The highest BCUT2D eigenvalue weighted by molar-refractivity contribution is 6.31. The van der Waals surface area contributed by atoms with Crippen molar-refractivity contribution in [2.45, 2.75) is 20.4 Å². The Morgan fingerprint density at radius 2 is 1.96 bits per heavy atom. The second kappa shape index (κ2) is 7.93. The molecule has 3 aromatic rings. The number of nitrogens with zero attached hydrogens (tertiary/aromatic N) is 3. The standard InChI is InChI=1S/C19H18ClN5O/c1-12-15(20)7-5-8-16(12)25-19(26)17-10-18(24-13(2)23-17)22-11-14-6-3-4-9-21-14/h3-10H,11H2,1-2H3,(H,25,26)(H,22,23,24). The molecule has 0 saturated carbocycles. The van der Waals surface area contributed by atoms with E-state index in [2.05, 4.69) is 25.6 Å². The zero-order chi connectivity index (χ0) is 18.5. The molecule has 7 heteroatoms. The van der Waals surface area contributed by atoms with Crippen LogP contribution in [-0.4, -0.2) is 20.9 Å². The molecule has 1 amide bonds. The molecule has 3 rings (SSSR count). The molecular weight excluding hydrogens is 350 g/mol. The number of hydrogen-bond acceptors (Lipinski definition) is 5. The second-order valence-electron chi connectivity index (χ2n) is 5.73. The number of carbonyl (C=O) groups is 1. The van der Waals surface area contributed by atoms with Crippen LogP contribution in [0.2, 0.25) is 5.02 Å². The normalized spacial score (nSPS) is 10.4. The lowest BCUT2D eigenvalue weighted by atomic mass is 10.2. The van der Waals surface area contributed by atoms with E-state index in [1.165, 1.54) is 0 Å². The van der Waals surface area contributed by atoms with Crippen molar-refractivity contribution in [3.63, 3.8) is 0 Å². The number of halogens is 1. The number of nitrogens with one attached hydrogen (secondary N) is 2. The van der Waals surface area contributed by atoms with Gasteiger partial charge in [0.05, 0.1) is 12.2 Å². The van der Waals surface area contributed by atoms with Gasteiger partial charge in [-0.25, -0.2) is 9.97 Å². The van der Waals surface area contributed by atoms with Gasteiger partial charge in [0.2, 0.25) is 0 Å². The number of amides is 1. The number of rotatable bonds is 5. The van der Waals surface area contributed by atoms with E-state index in [1.54, 1.807) is 37.4 Å². The summed E-state index contributed by atoms with van der Waals surface area (Å²) in [5.74, 6) is 0.752. The summed E-state index contributed by atoms with van der Waals surface area (Å²) in [7, 11) is 0. The van der Waals surface area contributed by atoms with Crippen LogP contribution in [0.4, 0.5) is 11.5 Å². The van der Waals surface area contributed by atoms with E-state index in [9.17, 15) is 4.79 Å². The van der Waals surface area contributed by atoms with E-state index in [-0.39, 0.29) is 11.6 Å². The Morgan fingerprint density at radius 1 is 1.12 bits per heavy atom. The van der Waals surface area contributed by atoms with Crippen molar-refractivity contribution in [3.05, 3.63) is 76.5 Å². The van der Waals surface area contributed by atoms with E-state index in [1.807, 2.05) is 25.1 Å². The molecule has 0 radical (unpaired) electrons. The van der Waals surface area contributed by atoms with Gasteiger partial charge in [0, 0.05) is 23.0 Å². The third-order valence-corrected chi connectivity index (χ3v) is 4.17. The minimum Gasteiger partial charge on any atom is -0.364 e. The maximum atomic E-state index is 12.6. The Hall–Kier alpha value is -2.99. The molecule has 0 saturated heterocycles. The monoisotopic (exact) mass is 367 g/mol. The Morgan fingerprint density at radius 3 is 2.73 bits per heavy atom. The van der Waals surface area contributed by atoms with Crippen LogP contribution >= 0.6 is 11.6 Å². The number of hydrogen-bond donors (Lipinski definition) is 2. The van der Waals surface area contributed by atoms with Gasteiger partial charge in [-0.15, -0.1) is 0 Å². The first kappa shape index (κ1) is 17.8. The van der Waals surface area contributed by atoms with Crippen LogP contribution in [0.25, 0.3) is 0 Å². The fourth-order valence-electron chi connectivity index (χ4n) is 2.39. The Labute approximate surface area is 156 Å². The van der Waals surface area contributed by atoms with Crippen LogP contribution in [0.1, 0.15) is 27.6 Å². The van der Waals surface area contributed by atoms with Crippen molar-refractivity contribution in [3.8, 4) is 0 Å². The van der Waals surface area contributed by atoms with Gasteiger partial charge in [-0.05, 0) is 43.7 Å². The molecule has 1 aromatic carbocycles. The van der Waals surface area contributed by atoms with Crippen LogP contribution in [0.5, 0.6) is 0 Å². The number of aromatic nitrogens is 3.